The number of aromatic nitrogens is 3. The molecule has 5 N–H and O–H groups in total. The zero-order valence-electron chi connectivity index (χ0n) is 38.8. The van der Waals surface area contributed by atoms with Crippen LogP contribution in [0.5, 0.6) is 0 Å². The summed E-state index contributed by atoms with van der Waals surface area (Å²) < 4.78 is 11.1. The van der Waals surface area contributed by atoms with Crippen molar-refractivity contribution in [3.63, 3.8) is 0 Å². The highest BCUT2D eigenvalue weighted by Gasteiger charge is 2.47. The first-order chi connectivity index (χ1) is 29.2. The highest BCUT2D eigenvalue weighted by atomic mass is 16.5. The van der Waals surface area contributed by atoms with Crippen molar-refractivity contribution in [2.24, 2.45) is 35.5 Å². The number of esters is 2. The Bertz CT molecular complexity index is 2350. The van der Waals surface area contributed by atoms with Gasteiger partial charge in [-0.15, -0.1) is 0 Å². The van der Waals surface area contributed by atoms with Crippen molar-refractivity contribution in [3.05, 3.63) is 84.5 Å². The van der Waals surface area contributed by atoms with E-state index in [0.29, 0.717) is 11.6 Å². The summed E-state index contributed by atoms with van der Waals surface area (Å²) >= 11 is 0. The molecule has 9 nitrogen and oxygen atoms in total. The molecule has 3 aromatic heterocycles. The third-order valence-electron chi connectivity index (χ3n) is 13.9. The van der Waals surface area contributed by atoms with Crippen LogP contribution in [0.25, 0.3) is 29.6 Å². The number of aliphatic hydroxyl groups is 1. The Kier molecular flexibility index (Phi) is 15.4. The van der Waals surface area contributed by atoms with Crippen LogP contribution in [0.1, 0.15) is 153 Å². The van der Waals surface area contributed by atoms with Gasteiger partial charge in [0.05, 0.1) is 18.5 Å². The third kappa shape index (κ3) is 10.9. The van der Waals surface area contributed by atoms with Crippen LogP contribution in [0.2, 0.25) is 0 Å². The molecular formula is C52H74N4O5. The molecule has 0 aromatic carbocycles. The van der Waals surface area contributed by atoms with Gasteiger partial charge in [-0.2, -0.15) is 0 Å². The summed E-state index contributed by atoms with van der Waals surface area (Å²) in [6.07, 6.45) is 21.5. The van der Waals surface area contributed by atoms with E-state index in [9.17, 15) is 14.7 Å². The van der Waals surface area contributed by atoms with Crippen molar-refractivity contribution in [2.75, 3.05) is 13.7 Å². The molecule has 3 aromatic rings. The molecule has 0 saturated carbocycles. The minimum atomic E-state index is -0.975. The molecular weight excluding hydrogens is 761 g/mol. The maximum Gasteiger partial charge on any atom is 0.320 e. The fourth-order valence-electron chi connectivity index (χ4n) is 10.0. The predicted molar refractivity (Wildman–Crippen MR) is 248 cm³/mol. The maximum atomic E-state index is 13.6. The van der Waals surface area contributed by atoms with Gasteiger partial charge in [0.25, 0.3) is 0 Å². The number of rotatable bonds is 19. The number of H-pyrrole nitrogens is 3. The average Bonchev–Trinajstić information content (AvgIpc) is 3.99. The number of carbonyl (C=O) groups excluding carboxylic acids is 2. The van der Waals surface area contributed by atoms with E-state index in [4.69, 9.17) is 9.47 Å². The SMILES string of the molecule is CCc1c/c2[nH]/c1=C\c1[nH]c3c(c1C)=C(O)[C@H](C(=O)OC)C=3C1N/C(=C\c3[nH]c(cc3C)\C=2)[C@@H](C)[C@@H]1CCC(=O)OC/C=C(\C)CCC[C@H](C)CCC[C@H](C)CCCC(C)C. The summed E-state index contributed by atoms with van der Waals surface area (Å²) in [5.74, 6) is 0.548. The van der Waals surface area contributed by atoms with Crippen molar-refractivity contribution in [1.82, 2.24) is 20.3 Å². The largest absolute Gasteiger partial charge is 0.510 e. The molecule has 1 unspecified atom stereocenters. The monoisotopic (exact) mass is 835 g/mol. The van der Waals surface area contributed by atoms with E-state index in [1.54, 1.807) is 0 Å². The molecule has 332 valence electrons. The average molecular weight is 835 g/mol. The van der Waals surface area contributed by atoms with Crippen LogP contribution in [0, 0.1) is 49.4 Å². The maximum absolute atomic E-state index is 13.6. The van der Waals surface area contributed by atoms with Crippen LogP contribution >= 0.6 is 0 Å². The Morgan fingerprint density at radius 1 is 0.885 bits per heavy atom. The molecule has 1 fully saturated rings. The quantitative estimate of drug-likeness (QED) is 0.0609. The van der Waals surface area contributed by atoms with Crippen molar-refractivity contribution < 1.29 is 24.2 Å². The first-order valence-electron chi connectivity index (χ1n) is 23.3. The molecule has 61 heavy (non-hydrogen) atoms. The van der Waals surface area contributed by atoms with Crippen LogP contribution in [0.15, 0.2) is 29.5 Å². The summed E-state index contributed by atoms with van der Waals surface area (Å²) in [6.45, 7) is 20.2. The van der Waals surface area contributed by atoms with E-state index < -0.39 is 11.9 Å². The second-order valence-electron chi connectivity index (χ2n) is 19.1. The van der Waals surface area contributed by atoms with Crippen LogP contribution in [0.4, 0.5) is 0 Å². The van der Waals surface area contributed by atoms with Gasteiger partial charge in [-0.05, 0) is 129 Å². The number of fused-ring (bicyclic) bond motifs is 8. The molecule has 1 saturated heterocycles. The number of ether oxygens (including phenoxy) is 2. The minimum Gasteiger partial charge on any atom is -0.510 e. The van der Waals surface area contributed by atoms with Gasteiger partial charge in [-0.25, -0.2) is 0 Å². The number of methoxy groups -OCH3 is 1. The van der Waals surface area contributed by atoms with Gasteiger partial charge in [-0.3, -0.25) is 9.59 Å². The number of carbonyl (C=O) groups is 2. The van der Waals surface area contributed by atoms with Gasteiger partial charge in [-0.1, -0.05) is 92.1 Å². The molecule has 0 spiro atoms. The predicted octanol–water partition coefficient (Wildman–Crippen LogP) is 8.41. The van der Waals surface area contributed by atoms with Gasteiger partial charge in [0, 0.05) is 51.0 Å². The Labute approximate surface area is 364 Å². The Balaban J connectivity index is 1.16. The van der Waals surface area contributed by atoms with Crippen LogP contribution < -0.4 is 26.6 Å². The Hall–Kier alpha value is -4.66. The molecule has 9 heteroatoms. The number of allylic oxidation sites excluding steroid dienone is 2. The first kappa shape index (κ1) is 45.9. The normalized spacial score (nSPS) is 22.5. The fourth-order valence-corrected chi connectivity index (χ4v) is 10.0. The highest BCUT2D eigenvalue weighted by molar-refractivity contribution is 5.95. The number of aliphatic hydroxyl groups excluding tert-OH is 1. The molecule has 0 amide bonds. The first-order valence-corrected chi connectivity index (χ1v) is 23.3. The summed E-state index contributed by atoms with van der Waals surface area (Å²) in [5, 5.41) is 19.0. The summed E-state index contributed by atoms with van der Waals surface area (Å²) in [6, 6.07) is 3.96. The van der Waals surface area contributed by atoms with E-state index >= 15 is 0 Å². The lowest BCUT2D eigenvalue weighted by Gasteiger charge is -2.26. The molecule has 6 rings (SSSR count). The summed E-state index contributed by atoms with van der Waals surface area (Å²) in [7, 11) is 1.36. The van der Waals surface area contributed by atoms with Crippen LogP contribution in [-0.4, -0.2) is 51.8 Å². The van der Waals surface area contributed by atoms with E-state index in [-0.39, 0.29) is 42.6 Å². The Morgan fingerprint density at radius 2 is 1.59 bits per heavy atom. The lowest BCUT2D eigenvalue weighted by Crippen LogP contribution is -2.38. The Morgan fingerprint density at radius 3 is 2.28 bits per heavy atom. The molecule has 8 bridgehead atoms. The van der Waals surface area contributed by atoms with E-state index in [1.165, 1.54) is 63.2 Å². The van der Waals surface area contributed by atoms with Gasteiger partial charge in [0.2, 0.25) is 0 Å². The lowest BCUT2D eigenvalue weighted by atomic mass is 9.80. The van der Waals surface area contributed by atoms with Gasteiger partial charge >= 0.3 is 11.9 Å². The number of nitrogens with one attached hydrogen (secondary N) is 4. The van der Waals surface area contributed by atoms with Crippen molar-refractivity contribution in [3.8, 4) is 0 Å². The highest BCUT2D eigenvalue weighted by Crippen LogP contribution is 2.42. The lowest BCUT2D eigenvalue weighted by molar-refractivity contribution is -0.143. The molecule has 2 aliphatic heterocycles. The summed E-state index contributed by atoms with van der Waals surface area (Å²) in [5.41, 5.74) is 8.99. The van der Waals surface area contributed by atoms with E-state index in [1.807, 2.05) is 6.92 Å². The number of aromatic amines is 3. The number of hydrogen-bond acceptors (Lipinski definition) is 6. The van der Waals surface area contributed by atoms with Gasteiger partial charge in [0.1, 0.15) is 18.3 Å². The summed E-state index contributed by atoms with van der Waals surface area (Å²) in [4.78, 5) is 37.8. The topological polar surface area (TPSA) is 132 Å². The molecule has 1 aliphatic carbocycles. The van der Waals surface area contributed by atoms with E-state index in [2.05, 4.69) is 112 Å². The zero-order valence-corrected chi connectivity index (χ0v) is 38.8. The number of aryl methyl sites for hydroxylation is 2. The van der Waals surface area contributed by atoms with Gasteiger partial charge in [0.15, 0.2) is 0 Å². The van der Waals surface area contributed by atoms with Crippen LogP contribution in [-0.2, 0) is 25.5 Å². The van der Waals surface area contributed by atoms with Crippen molar-refractivity contribution >= 4 is 41.5 Å². The van der Waals surface area contributed by atoms with Crippen LogP contribution in [0.3, 0.4) is 0 Å². The standard InChI is InChI=1S/C52H74N4O5/c1-11-37-26-39-27-38-25-34(7)41(53-38)28-42-35(8)40(49(55-42)47-48(52(59)60-10)51(58)46-36(9)43(56-50(46)47)29-44(37)54-39)21-22-45(57)61-24-23-33(6)20-14-19-32(5)18-13-17-31(4)16-12-15-30(2)3/h23,25-32,35,40,48-49,53-56,58H,11-22,24H2,1-10H3/b33-23+,39-27-,42-28-,44-29-/t31-,32-,35+,40+,48-,49?/m1/s1. The van der Waals surface area contributed by atoms with Gasteiger partial charge < -0.3 is 34.8 Å². The third-order valence-corrected chi connectivity index (χ3v) is 13.9. The molecule has 0 radical (unpaired) electrons. The fraction of sp³-hybridized carbons (Fsp3) is 0.577. The molecule has 6 atom stereocenters. The van der Waals surface area contributed by atoms with Crippen molar-refractivity contribution in [2.45, 2.75) is 145 Å². The minimum absolute atomic E-state index is 0.00278. The second-order valence-corrected chi connectivity index (χ2v) is 19.1. The zero-order chi connectivity index (χ0) is 44.0. The van der Waals surface area contributed by atoms with Crippen molar-refractivity contribution in [1.29, 1.82) is 0 Å². The second kappa shape index (κ2) is 20.5. The molecule has 5 heterocycles. The number of hydrogen-bond donors (Lipinski definition) is 5. The molecule has 3 aliphatic rings. The smallest absolute Gasteiger partial charge is 0.320 e. The van der Waals surface area contributed by atoms with E-state index in [0.717, 1.165) is 92.5 Å².